The summed E-state index contributed by atoms with van der Waals surface area (Å²) in [7, 11) is 0. The molecule has 0 N–H and O–H groups in total. The van der Waals surface area contributed by atoms with Gasteiger partial charge >= 0.3 is 5.69 Å². The average molecular weight is 237 g/mol. The Hall–Kier alpha value is -1.61. The number of anilines is 1. The Bertz CT molecular complexity index is 443. The van der Waals surface area contributed by atoms with Crippen molar-refractivity contribution in [3.8, 4) is 6.07 Å². The molecule has 2 rings (SSSR count). The van der Waals surface area contributed by atoms with Gasteiger partial charge in [0.1, 0.15) is 10.9 Å². The molecule has 0 aromatic carbocycles. The molecule has 0 saturated carbocycles. The number of rotatable bonds is 2. The Morgan fingerprint density at radius 2 is 2.12 bits per heavy atom. The van der Waals surface area contributed by atoms with E-state index in [9.17, 15) is 10.1 Å². The van der Waals surface area contributed by atoms with E-state index in [1.807, 2.05) is 11.0 Å². The molecular weight excluding hydrogens is 226 g/mol. The third-order valence-electron chi connectivity index (χ3n) is 2.64. The van der Waals surface area contributed by atoms with E-state index in [0.717, 1.165) is 25.9 Å². The van der Waals surface area contributed by atoms with Crippen LogP contribution in [0.2, 0.25) is 0 Å². The summed E-state index contributed by atoms with van der Waals surface area (Å²) >= 11 is 1.22. The highest BCUT2D eigenvalue weighted by atomic mass is 32.1. The van der Waals surface area contributed by atoms with Crippen molar-refractivity contribution in [2.45, 2.75) is 19.3 Å². The number of piperidine rings is 1. The van der Waals surface area contributed by atoms with Crippen LogP contribution < -0.4 is 4.90 Å². The number of hydrogen-bond acceptors (Lipinski definition) is 5. The van der Waals surface area contributed by atoms with Gasteiger partial charge in [0.05, 0.1) is 4.92 Å². The van der Waals surface area contributed by atoms with Crippen molar-refractivity contribution < 1.29 is 4.92 Å². The lowest BCUT2D eigenvalue weighted by molar-refractivity contribution is -0.383. The topological polar surface area (TPSA) is 70.2 Å². The quantitative estimate of drug-likeness (QED) is 0.585. The first-order chi connectivity index (χ1) is 7.72. The van der Waals surface area contributed by atoms with Crippen molar-refractivity contribution in [3.05, 3.63) is 21.1 Å². The van der Waals surface area contributed by atoms with Gasteiger partial charge in [-0.1, -0.05) is 0 Å². The molecule has 1 aromatic rings. The predicted molar refractivity (Wildman–Crippen MR) is 61.8 cm³/mol. The van der Waals surface area contributed by atoms with Crippen LogP contribution >= 0.6 is 11.3 Å². The molecule has 0 atom stereocenters. The predicted octanol–water partition coefficient (Wildman–Crippen LogP) is 2.52. The average Bonchev–Trinajstić information content (AvgIpc) is 2.74. The lowest BCUT2D eigenvalue weighted by Gasteiger charge is -2.26. The van der Waals surface area contributed by atoms with Crippen molar-refractivity contribution in [2.24, 2.45) is 0 Å². The van der Waals surface area contributed by atoms with Crippen molar-refractivity contribution in [1.82, 2.24) is 0 Å². The Kier molecular flexibility index (Phi) is 3.06. The fourth-order valence-corrected chi connectivity index (χ4v) is 2.86. The van der Waals surface area contributed by atoms with Crippen molar-refractivity contribution in [1.29, 1.82) is 5.26 Å². The minimum atomic E-state index is -0.402. The van der Waals surface area contributed by atoms with E-state index >= 15 is 0 Å². The largest absolute Gasteiger partial charge is 0.358 e. The molecule has 0 unspecified atom stereocenters. The Balaban J connectivity index is 2.34. The summed E-state index contributed by atoms with van der Waals surface area (Å²) in [6.07, 6.45) is 3.31. The first kappa shape index (κ1) is 10.9. The van der Waals surface area contributed by atoms with E-state index in [4.69, 9.17) is 5.26 Å². The van der Waals surface area contributed by atoms with E-state index in [1.165, 1.54) is 23.8 Å². The molecule has 1 fully saturated rings. The highest BCUT2D eigenvalue weighted by Gasteiger charge is 2.24. The molecule has 16 heavy (non-hydrogen) atoms. The maximum Gasteiger partial charge on any atom is 0.305 e. The summed E-state index contributed by atoms with van der Waals surface area (Å²) < 4.78 is 0. The van der Waals surface area contributed by atoms with Gasteiger partial charge in [-0.25, -0.2) is 0 Å². The third kappa shape index (κ3) is 1.99. The second-order valence-electron chi connectivity index (χ2n) is 3.72. The van der Waals surface area contributed by atoms with Crippen LogP contribution in [-0.4, -0.2) is 18.0 Å². The number of thiophene rings is 1. The van der Waals surface area contributed by atoms with Crippen molar-refractivity contribution >= 4 is 22.0 Å². The molecule has 2 heterocycles. The zero-order valence-corrected chi connectivity index (χ0v) is 9.50. The van der Waals surface area contributed by atoms with Gasteiger partial charge in [-0.2, -0.15) is 5.26 Å². The smallest absolute Gasteiger partial charge is 0.305 e. The molecule has 0 aliphatic carbocycles. The molecule has 0 bridgehead atoms. The second-order valence-corrected chi connectivity index (χ2v) is 4.75. The van der Waals surface area contributed by atoms with Crippen LogP contribution in [0.25, 0.3) is 0 Å². The van der Waals surface area contributed by atoms with Gasteiger partial charge < -0.3 is 4.90 Å². The summed E-state index contributed by atoms with van der Waals surface area (Å²) in [5.41, 5.74) is 0.0726. The Morgan fingerprint density at radius 1 is 1.44 bits per heavy atom. The summed E-state index contributed by atoms with van der Waals surface area (Å²) in [5, 5.41) is 20.3. The number of nitro groups is 1. The summed E-state index contributed by atoms with van der Waals surface area (Å²) in [6, 6.07) is 3.34. The molecule has 0 amide bonds. The van der Waals surface area contributed by atoms with E-state index in [1.54, 1.807) is 0 Å². The minimum absolute atomic E-state index is 0.0726. The van der Waals surface area contributed by atoms with Crippen LogP contribution in [0.5, 0.6) is 0 Å². The van der Waals surface area contributed by atoms with Gasteiger partial charge in [-0.05, 0) is 19.3 Å². The van der Waals surface area contributed by atoms with Gasteiger partial charge in [-0.3, -0.25) is 10.1 Å². The summed E-state index contributed by atoms with van der Waals surface area (Å²) in [5.74, 6) is 0. The fourth-order valence-electron chi connectivity index (χ4n) is 1.88. The lowest BCUT2D eigenvalue weighted by Crippen LogP contribution is -2.29. The van der Waals surface area contributed by atoms with Crippen molar-refractivity contribution in [3.63, 3.8) is 0 Å². The standard InChI is InChI=1S/C10H11N3O2S/c11-7-8-6-9(13(14)15)10(16-8)12-4-2-1-3-5-12/h6H,1-5H2. The Morgan fingerprint density at radius 3 is 2.69 bits per heavy atom. The summed E-state index contributed by atoms with van der Waals surface area (Å²) in [4.78, 5) is 12.9. The SMILES string of the molecule is N#Cc1cc([N+](=O)[O-])c(N2CCCCC2)s1. The number of hydrogen-bond donors (Lipinski definition) is 0. The van der Waals surface area contributed by atoms with Gasteiger partial charge in [0, 0.05) is 19.2 Å². The van der Waals surface area contributed by atoms with Crippen LogP contribution in [0.4, 0.5) is 10.7 Å². The molecule has 1 saturated heterocycles. The van der Waals surface area contributed by atoms with Crippen LogP contribution in [0.1, 0.15) is 24.1 Å². The molecule has 6 heteroatoms. The molecule has 1 aliphatic heterocycles. The molecule has 1 aromatic heterocycles. The number of nitriles is 1. The van der Waals surface area contributed by atoms with Gasteiger partial charge in [0.2, 0.25) is 0 Å². The van der Waals surface area contributed by atoms with Crippen molar-refractivity contribution in [2.75, 3.05) is 18.0 Å². The van der Waals surface area contributed by atoms with E-state index < -0.39 is 4.92 Å². The van der Waals surface area contributed by atoms with E-state index in [-0.39, 0.29) is 5.69 Å². The Labute approximate surface area is 97.1 Å². The van der Waals surface area contributed by atoms with E-state index in [2.05, 4.69) is 0 Å². The van der Waals surface area contributed by atoms with E-state index in [0.29, 0.717) is 9.88 Å². The molecule has 5 nitrogen and oxygen atoms in total. The summed E-state index contributed by atoms with van der Waals surface area (Å²) in [6.45, 7) is 1.71. The van der Waals surface area contributed by atoms with Gasteiger partial charge in [0.15, 0.2) is 5.00 Å². The second kappa shape index (κ2) is 4.49. The monoisotopic (exact) mass is 237 g/mol. The zero-order chi connectivity index (χ0) is 11.5. The highest BCUT2D eigenvalue weighted by molar-refractivity contribution is 7.17. The minimum Gasteiger partial charge on any atom is -0.358 e. The maximum atomic E-state index is 10.9. The van der Waals surface area contributed by atoms with Gasteiger partial charge in [-0.15, -0.1) is 11.3 Å². The maximum absolute atomic E-state index is 10.9. The molecule has 84 valence electrons. The van der Waals surface area contributed by atoms with Crippen LogP contribution in [0, 0.1) is 21.4 Å². The zero-order valence-electron chi connectivity index (χ0n) is 8.68. The fraction of sp³-hybridized carbons (Fsp3) is 0.500. The molecular formula is C10H11N3O2S. The van der Waals surface area contributed by atoms with Gasteiger partial charge in [0.25, 0.3) is 0 Å². The normalized spacial score (nSPS) is 15.8. The molecule has 0 radical (unpaired) electrons. The first-order valence-electron chi connectivity index (χ1n) is 5.15. The number of nitrogens with zero attached hydrogens (tertiary/aromatic N) is 3. The van der Waals surface area contributed by atoms with Crippen LogP contribution in [-0.2, 0) is 0 Å². The van der Waals surface area contributed by atoms with Crippen LogP contribution in [0.15, 0.2) is 6.07 Å². The lowest BCUT2D eigenvalue weighted by atomic mass is 10.1. The van der Waals surface area contributed by atoms with Crippen LogP contribution in [0.3, 0.4) is 0 Å². The first-order valence-corrected chi connectivity index (χ1v) is 5.97. The molecule has 1 aliphatic rings. The molecule has 0 spiro atoms. The third-order valence-corrected chi connectivity index (χ3v) is 3.73. The highest BCUT2D eigenvalue weighted by Crippen LogP contribution is 2.38.